The van der Waals surface area contributed by atoms with Crippen molar-refractivity contribution in [3.05, 3.63) is 64.2 Å². The average molecular weight is 427 g/mol. The van der Waals surface area contributed by atoms with Crippen LogP contribution in [0.3, 0.4) is 0 Å². The number of hydrogen-bond donors (Lipinski definition) is 2. The number of nitrogens with one attached hydrogen (secondary N) is 2. The number of ether oxygens (including phenoxy) is 2. The molecule has 0 radical (unpaired) electrons. The number of nitrogens with zero attached hydrogens (tertiary/aromatic N) is 1. The number of methoxy groups -OCH3 is 1. The van der Waals surface area contributed by atoms with Crippen LogP contribution in [0.25, 0.3) is 10.9 Å². The van der Waals surface area contributed by atoms with Crippen molar-refractivity contribution >= 4 is 22.5 Å². The van der Waals surface area contributed by atoms with Gasteiger partial charge in [-0.1, -0.05) is 13.8 Å². The number of hydrogen-bond acceptors (Lipinski definition) is 5. The maximum atomic E-state index is 13.7. The van der Waals surface area contributed by atoms with Crippen molar-refractivity contribution in [2.75, 3.05) is 38.7 Å². The van der Waals surface area contributed by atoms with E-state index in [2.05, 4.69) is 29.0 Å². The van der Waals surface area contributed by atoms with Gasteiger partial charge in [0.15, 0.2) is 11.5 Å². The topological polar surface area (TPSA) is 83.7 Å². The highest BCUT2D eigenvalue weighted by Crippen LogP contribution is 2.30. The van der Waals surface area contributed by atoms with Gasteiger partial charge in [0.25, 0.3) is 5.91 Å². The first kappa shape index (κ1) is 22.3. The lowest BCUT2D eigenvalue weighted by molar-refractivity contribution is 0.102. The predicted octanol–water partition coefficient (Wildman–Crippen LogP) is 3.65. The van der Waals surface area contributed by atoms with Gasteiger partial charge in [0, 0.05) is 35.3 Å². The number of anilines is 1. The minimum atomic E-state index is -0.527. The molecule has 164 valence electrons. The molecule has 1 aromatic heterocycles. The van der Waals surface area contributed by atoms with Crippen LogP contribution in [0.1, 0.15) is 24.2 Å². The van der Waals surface area contributed by atoms with E-state index in [9.17, 15) is 14.0 Å². The van der Waals surface area contributed by atoms with E-state index in [1.54, 1.807) is 25.3 Å². The van der Waals surface area contributed by atoms with Crippen molar-refractivity contribution in [3.63, 3.8) is 0 Å². The molecule has 0 saturated carbocycles. The molecule has 2 N–H and O–H groups in total. The van der Waals surface area contributed by atoms with E-state index in [0.29, 0.717) is 34.7 Å². The Labute approximate surface area is 179 Å². The monoisotopic (exact) mass is 427 g/mol. The van der Waals surface area contributed by atoms with Gasteiger partial charge in [-0.25, -0.2) is 4.39 Å². The molecule has 0 bridgehead atoms. The lowest BCUT2D eigenvalue weighted by atomic mass is 10.1. The van der Waals surface area contributed by atoms with Crippen LogP contribution in [0.2, 0.25) is 0 Å². The highest BCUT2D eigenvalue weighted by molar-refractivity contribution is 6.12. The van der Waals surface area contributed by atoms with Gasteiger partial charge in [-0.2, -0.15) is 0 Å². The summed E-state index contributed by atoms with van der Waals surface area (Å²) in [5.74, 6) is 0.0124. The van der Waals surface area contributed by atoms with E-state index >= 15 is 0 Å². The molecule has 0 aliphatic heterocycles. The fourth-order valence-corrected chi connectivity index (χ4v) is 3.30. The normalized spacial score (nSPS) is 11.0. The second kappa shape index (κ2) is 10.1. The molecule has 0 atom stereocenters. The van der Waals surface area contributed by atoms with Crippen molar-refractivity contribution < 1.29 is 18.7 Å². The fourth-order valence-electron chi connectivity index (χ4n) is 3.30. The van der Waals surface area contributed by atoms with Gasteiger partial charge in [-0.3, -0.25) is 9.59 Å². The van der Waals surface area contributed by atoms with Gasteiger partial charge >= 0.3 is 0 Å². The highest BCUT2D eigenvalue weighted by Gasteiger charge is 2.15. The molecule has 0 fully saturated rings. The van der Waals surface area contributed by atoms with Gasteiger partial charge in [0.2, 0.25) is 5.56 Å². The number of pyridine rings is 1. The lowest BCUT2D eigenvalue weighted by Crippen LogP contribution is -2.28. The molecular formula is C23H26FN3O4. The van der Waals surface area contributed by atoms with Crippen LogP contribution in [0.4, 0.5) is 10.1 Å². The van der Waals surface area contributed by atoms with Crippen LogP contribution in [0.15, 0.2) is 47.3 Å². The van der Waals surface area contributed by atoms with Crippen LogP contribution in [0.5, 0.6) is 11.5 Å². The van der Waals surface area contributed by atoms with E-state index in [-0.39, 0.29) is 5.56 Å². The third-order valence-corrected chi connectivity index (χ3v) is 5.03. The zero-order valence-electron chi connectivity index (χ0n) is 17.8. The SMILES string of the molecule is CCN(CC)CCOc1cc(NC(=O)c2cc(=O)[nH]c3ccc(F)cc23)ccc1OC. The van der Waals surface area contributed by atoms with Crippen molar-refractivity contribution in [3.8, 4) is 11.5 Å². The molecule has 0 saturated heterocycles. The molecular weight excluding hydrogens is 401 g/mol. The van der Waals surface area contributed by atoms with Gasteiger partial charge in [-0.15, -0.1) is 0 Å². The summed E-state index contributed by atoms with van der Waals surface area (Å²) >= 11 is 0. The van der Waals surface area contributed by atoms with Crippen molar-refractivity contribution in [1.29, 1.82) is 0 Å². The van der Waals surface area contributed by atoms with Crippen LogP contribution >= 0.6 is 0 Å². The number of aromatic nitrogens is 1. The summed E-state index contributed by atoms with van der Waals surface area (Å²) in [5, 5.41) is 3.07. The fraction of sp³-hybridized carbons (Fsp3) is 0.304. The van der Waals surface area contributed by atoms with Gasteiger partial charge in [0.05, 0.1) is 12.7 Å². The molecule has 1 amide bonds. The minimum absolute atomic E-state index is 0.0815. The first-order valence-corrected chi connectivity index (χ1v) is 10.1. The number of aromatic amines is 1. The molecule has 31 heavy (non-hydrogen) atoms. The van der Waals surface area contributed by atoms with Crippen LogP contribution in [-0.4, -0.2) is 49.1 Å². The number of H-pyrrole nitrogens is 1. The van der Waals surface area contributed by atoms with Crippen molar-refractivity contribution in [2.45, 2.75) is 13.8 Å². The zero-order chi connectivity index (χ0) is 22.4. The van der Waals surface area contributed by atoms with Gasteiger partial charge in [-0.05, 0) is 43.4 Å². The Balaban J connectivity index is 1.83. The quantitative estimate of drug-likeness (QED) is 0.545. The number of amides is 1. The number of fused-ring (bicyclic) bond motifs is 1. The predicted molar refractivity (Wildman–Crippen MR) is 119 cm³/mol. The summed E-state index contributed by atoms with van der Waals surface area (Å²) in [4.78, 5) is 29.6. The summed E-state index contributed by atoms with van der Waals surface area (Å²) in [6.45, 7) is 7.26. The molecule has 1 heterocycles. The highest BCUT2D eigenvalue weighted by atomic mass is 19.1. The van der Waals surface area contributed by atoms with E-state index in [1.807, 2.05) is 0 Å². The van der Waals surface area contributed by atoms with E-state index < -0.39 is 17.3 Å². The number of carbonyl (C=O) groups is 1. The molecule has 0 aliphatic carbocycles. The Morgan fingerprint density at radius 3 is 2.58 bits per heavy atom. The van der Waals surface area contributed by atoms with Crippen LogP contribution in [-0.2, 0) is 0 Å². The van der Waals surface area contributed by atoms with Gasteiger partial charge in [0.1, 0.15) is 12.4 Å². The lowest BCUT2D eigenvalue weighted by Gasteiger charge is -2.19. The number of halogens is 1. The maximum absolute atomic E-state index is 13.7. The minimum Gasteiger partial charge on any atom is -0.493 e. The molecule has 0 unspecified atom stereocenters. The maximum Gasteiger partial charge on any atom is 0.256 e. The van der Waals surface area contributed by atoms with Gasteiger partial charge < -0.3 is 24.7 Å². The average Bonchev–Trinajstić information content (AvgIpc) is 2.76. The first-order valence-electron chi connectivity index (χ1n) is 10.1. The summed E-state index contributed by atoms with van der Waals surface area (Å²) in [6.07, 6.45) is 0. The van der Waals surface area contributed by atoms with Crippen molar-refractivity contribution in [1.82, 2.24) is 9.88 Å². The Morgan fingerprint density at radius 1 is 1.10 bits per heavy atom. The van der Waals surface area contributed by atoms with E-state index in [1.165, 1.54) is 18.2 Å². The largest absolute Gasteiger partial charge is 0.493 e. The summed E-state index contributed by atoms with van der Waals surface area (Å²) < 4.78 is 24.9. The zero-order valence-corrected chi connectivity index (χ0v) is 17.8. The molecule has 3 rings (SSSR count). The molecule has 2 aromatic carbocycles. The smallest absolute Gasteiger partial charge is 0.256 e. The second-order valence-electron chi connectivity index (χ2n) is 6.93. The molecule has 0 aliphatic rings. The number of rotatable bonds is 9. The third-order valence-electron chi connectivity index (χ3n) is 5.03. The standard InChI is InChI=1S/C23H26FN3O4/c1-4-27(5-2)10-11-31-21-13-16(7-9-20(21)30-3)25-23(29)18-14-22(28)26-19-8-6-15(24)12-17(18)19/h6-9,12-14H,4-5,10-11H2,1-3H3,(H,25,29)(H,26,28). The number of likely N-dealkylation sites (N-methyl/N-ethyl adjacent to an activating group) is 1. The first-order chi connectivity index (χ1) is 14.9. The Kier molecular flexibility index (Phi) is 7.25. The summed E-state index contributed by atoms with van der Waals surface area (Å²) in [5.41, 5.74) is 0.486. The molecule has 0 spiro atoms. The summed E-state index contributed by atoms with van der Waals surface area (Å²) in [6, 6.07) is 10.1. The van der Waals surface area contributed by atoms with Crippen LogP contribution in [0, 0.1) is 5.82 Å². The molecule has 7 nitrogen and oxygen atoms in total. The number of benzene rings is 2. The Bertz CT molecular complexity index is 1130. The number of carbonyl (C=O) groups excluding carboxylic acids is 1. The van der Waals surface area contributed by atoms with Crippen molar-refractivity contribution in [2.24, 2.45) is 0 Å². The Morgan fingerprint density at radius 2 is 1.87 bits per heavy atom. The summed E-state index contributed by atoms with van der Waals surface area (Å²) in [7, 11) is 1.54. The van der Waals surface area contributed by atoms with E-state index in [4.69, 9.17) is 9.47 Å². The Hall–Kier alpha value is -3.39. The molecule has 3 aromatic rings. The third kappa shape index (κ3) is 5.40. The van der Waals surface area contributed by atoms with E-state index in [0.717, 1.165) is 25.7 Å². The molecule has 8 heteroatoms. The second-order valence-corrected chi connectivity index (χ2v) is 6.93. The van der Waals surface area contributed by atoms with Crippen LogP contribution < -0.4 is 20.3 Å².